The number of fused-ring (bicyclic) bond motifs is 5. The highest BCUT2D eigenvalue weighted by Crippen LogP contribution is 2.68. The second-order valence-corrected chi connectivity index (χ2v) is 15.6. The van der Waals surface area contributed by atoms with Crippen LogP contribution in [0.25, 0.3) is 0 Å². The van der Waals surface area contributed by atoms with Gasteiger partial charge in [0.05, 0.1) is 11.9 Å². The van der Waals surface area contributed by atoms with Crippen molar-refractivity contribution in [1.82, 2.24) is 0 Å². The van der Waals surface area contributed by atoms with Crippen LogP contribution in [0.15, 0.2) is 30.3 Å². The maximum atomic E-state index is 13.4. The topological polar surface area (TPSA) is 94.9 Å². The van der Waals surface area contributed by atoms with Gasteiger partial charge >= 0.3 is 0 Å². The maximum Gasteiger partial charge on any atom is 0.266 e. The molecule has 5 rings (SSSR count). The summed E-state index contributed by atoms with van der Waals surface area (Å²) in [4.78, 5) is 14.9. The van der Waals surface area contributed by atoms with Gasteiger partial charge in [-0.1, -0.05) is 39.0 Å². The normalized spacial score (nSPS) is 38.8. The Balaban J connectivity index is 1.24. The second-order valence-electron chi connectivity index (χ2n) is 14.0. The first-order valence-corrected chi connectivity index (χ1v) is 17.0. The molecule has 0 radical (unpaired) electrons. The lowest BCUT2D eigenvalue weighted by molar-refractivity contribution is -0.129. The molecule has 1 aromatic rings. The van der Waals surface area contributed by atoms with E-state index in [9.17, 15) is 22.9 Å². The fraction of sp³-hybridized carbons (Fsp3) is 0.781. The lowest BCUT2D eigenvalue weighted by Crippen LogP contribution is -2.54. The monoisotopic (exact) mass is 559 g/mol. The molecular formula is C32H49NO5S. The number of nitrogens with zero attached hydrogens (tertiary/aromatic N) is 1. The highest BCUT2D eigenvalue weighted by atomic mass is 32.2. The summed E-state index contributed by atoms with van der Waals surface area (Å²) in [5.74, 6) is 3.53. The van der Waals surface area contributed by atoms with E-state index in [2.05, 4.69) is 20.8 Å². The standard InChI is InChI=1S/C32H49NO5S/c1-22(9-14-30(35)33(19-20-39(36,37)38)24-7-5-4-6-8-24)27-12-13-28-26-11-10-23-21-25(34)15-17-31(23,2)29(26)16-18-32(27,28)3/h4-8,22-23,25-29,34H,9-21H2,1-3H3,(H,36,37,38)/t22-,23-,25-,26+,27-,28+,29+,31+,32-/m1/s1. The molecule has 7 heteroatoms. The molecule has 1 aromatic carbocycles. The molecule has 39 heavy (non-hydrogen) atoms. The molecule has 0 bridgehead atoms. The number of aliphatic hydroxyl groups is 1. The van der Waals surface area contributed by atoms with Crippen molar-refractivity contribution in [2.75, 3.05) is 17.2 Å². The molecule has 0 heterocycles. The van der Waals surface area contributed by atoms with Crippen molar-refractivity contribution in [3.8, 4) is 0 Å². The largest absolute Gasteiger partial charge is 0.393 e. The molecule has 4 aliphatic carbocycles. The van der Waals surface area contributed by atoms with E-state index in [1.165, 1.54) is 49.8 Å². The van der Waals surface area contributed by atoms with Crippen molar-refractivity contribution < 1.29 is 22.9 Å². The third-order valence-electron chi connectivity index (χ3n) is 12.2. The van der Waals surface area contributed by atoms with Crippen molar-refractivity contribution in [2.24, 2.45) is 46.3 Å². The predicted molar refractivity (Wildman–Crippen MR) is 155 cm³/mol. The van der Waals surface area contributed by atoms with E-state index in [-0.39, 0.29) is 18.6 Å². The molecule has 218 valence electrons. The first kappa shape index (κ1) is 29.1. The fourth-order valence-electron chi connectivity index (χ4n) is 10.1. The molecule has 0 aromatic heterocycles. The summed E-state index contributed by atoms with van der Waals surface area (Å²) < 4.78 is 32.1. The van der Waals surface area contributed by atoms with Gasteiger partial charge in [0.15, 0.2) is 0 Å². The van der Waals surface area contributed by atoms with E-state index < -0.39 is 15.9 Å². The molecule has 0 unspecified atom stereocenters. The summed E-state index contributed by atoms with van der Waals surface area (Å²) in [6.45, 7) is 7.37. The number of carbonyl (C=O) groups excluding carboxylic acids is 1. The Morgan fingerprint density at radius 2 is 1.69 bits per heavy atom. The maximum absolute atomic E-state index is 13.4. The van der Waals surface area contributed by atoms with Crippen LogP contribution in [0.1, 0.15) is 91.4 Å². The molecule has 6 nitrogen and oxygen atoms in total. The van der Waals surface area contributed by atoms with Crippen LogP contribution in [0, 0.1) is 46.3 Å². The summed E-state index contributed by atoms with van der Waals surface area (Å²) in [7, 11) is -4.16. The van der Waals surface area contributed by atoms with Crippen molar-refractivity contribution >= 4 is 21.7 Å². The van der Waals surface area contributed by atoms with Crippen LogP contribution in [0.2, 0.25) is 0 Å². The number of aliphatic hydroxyl groups excluding tert-OH is 1. The molecule has 2 N–H and O–H groups in total. The number of para-hydroxylation sites is 1. The van der Waals surface area contributed by atoms with Gasteiger partial charge in [0.1, 0.15) is 0 Å². The summed E-state index contributed by atoms with van der Waals surface area (Å²) in [5.41, 5.74) is 1.39. The Morgan fingerprint density at radius 1 is 1.00 bits per heavy atom. The first-order chi connectivity index (χ1) is 18.4. The van der Waals surface area contributed by atoms with E-state index in [4.69, 9.17) is 0 Å². The Labute approximate surface area is 235 Å². The number of hydrogen-bond acceptors (Lipinski definition) is 4. The minimum atomic E-state index is -4.16. The van der Waals surface area contributed by atoms with Crippen LogP contribution < -0.4 is 4.90 Å². The zero-order chi connectivity index (χ0) is 28.0. The molecule has 0 spiro atoms. The average molecular weight is 560 g/mol. The van der Waals surface area contributed by atoms with E-state index >= 15 is 0 Å². The molecule has 0 aliphatic heterocycles. The SMILES string of the molecule is C[C@H](CCC(=O)N(CCS(=O)(=O)O)c1ccccc1)[C@H]1CC[C@H]2[C@@H]3CC[C@@H]4C[C@H](O)CC[C@]4(C)[C@H]3CC[C@]12C. The fourth-order valence-corrected chi connectivity index (χ4v) is 10.5. The predicted octanol–water partition coefficient (Wildman–Crippen LogP) is 6.34. The average Bonchev–Trinajstić information content (AvgIpc) is 3.25. The second kappa shape index (κ2) is 11.1. The Hall–Kier alpha value is -1.44. The number of anilines is 1. The van der Waals surface area contributed by atoms with Gasteiger partial charge < -0.3 is 10.0 Å². The van der Waals surface area contributed by atoms with Gasteiger partial charge in [0, 0.05) is 18.7 Å². The minimum Gasteiger partial charge on any atom is -0.393 e. The van der Waals surface area contributed by atoms with E-state index in [0.29, 0.717) is 40.7 Å². The molecule has 4 saturated carbocycles. The van der Waals surface area contributed by atoms with Crippen molar-refractivity contribution in [3.63, 3.8) is 0 Å². The summed E-state index contributed by atoms with van der Waals surface area (Å²) in [5, 5.41) is 10.3. The Kier molecular flexibility index (Phi) is 8.27. The van der Waals surface area contributed by atoms with Crippen LogP contribution >= 0.6 is 0 Å². The summed E-state index contributed by atoms with van der Waals surface area (Å²) in [6, 6.07) is 9.17. The van der Waals surface area contributed by atoms with Crippen LogP contribution in [0.4, 0.5) is 5.69 Å². The number of benzene rings is 1. The van der Waals surface area contributed by atoms with Crippen molar-refractivity contribution in [1.29, 1.82) is 0 Å². The first-order valence-electron chi connectivity index (χ1n) is 15.4. The highest BCUT2D eigenvalue weighted by molar-refractivity contribution is 7.85. The Morgan fingerprint density at radius 3 is 2.41 bits per heavy atom. The van der Waals surface area contributed by atoms with E-state index in [1.807, 2.05) is 30.3 Å². The molecule has 4 aliphatic rings. The smallest absolute Gasteiger partial charge is 0.266 e. The van der Waals surface area contributed by atoms with Gasteiger partial charge in [-0.15, -0.1) is 0 Å². The summed E-state index contributed by atoms with van der Waals surface area (Å²) >= 11 is 0. The van der Waals surface area contributed by atoms with Gasteiger partial charge in [-0.05, 0) is 123 Å². The zero-order valence-electron chi connectivity index (χ0n) is 24.1. The third-order valence-corrected chi connectivity index (χ3v) is 12.9. The quantitative estimate of drug-likeness (QED) is 0.362. The molecule has 9 atom stereocenters. The highest BCUT2D eigenvalue weighted by Gasteiger charge is 2.60. The number of carbonyl (C=O) groups is 1. The van der Waals surface area contributed by atoms with Gasteiger partial charge in [-0.25, -0.2) is 0 Å². The van der Waals surface area contributed by atoms with Crippen LogP contribution in [0.5, 0.6) is 0 Å². The molecule has 0 saturated heterocycles. The van der Waals surface area contributed by atoms with Gasteiger partial charge in [-0.2, -0.15) is 8.42 Å². The van der Waals surface area contributed by atoms with Crippen molar-refractivity contribution in [3.05, 3.63) is 30.3 Å². The van der Waals surface area contributed by atoms with Crippen LogP contribution in [0.3, 0.4) is 0 Å². The van der Waals surface area contributed by atoms with Gasteiger partial charge in [0.25, 0.3) is 10.1 Å². The number of amides is 1. The van der Waals surface area contributed by atoms with E-state index in [1.54, 1.807) is 0 Å². The third kappa shape index (κ3) is 5.70. The van der Waals surface area contributed by atoms with Gasteiger partial charge in [0.2, 0.25) is 5.91 Å². The lowest BCUT2D eigenvalue weighted by Gasteiger charge is -2.61. The molecule has 4 fully saturated rings. The zero-order valence-corrected chi connectivity index (χ0v) is 24.9. The molecular weight excluding hydrogens is 510 g/mol. The van der Waals surface area contributed by atoms with Crippen LogP contribution in [-0.2, 0) is 14.9 Å². The number of hydrogen-bond donors (Lipinski definition) is 2. The Bertz CT molecular complexity index is 1120. The number of rotatable bonds is 8. The van der Waals surface area contributed by atoms with Gasteiger partial charge in [-0.3, -0.25) is 9.35 Å². The summed E-state index contributed by atoms with van der Waals surface area (Å²) in [6.07, 6.45) is 11.9. The molecule has 1 amide bonds. The van der Waals surface area contributed by atoms with Crippen LogP contribution in [-0.4, -0.2) is 42.4 Å². The minimum absolute atomic E-state index is 0.0425. The van der Waals surface area contributed by atoms with Crippen molar-refractivity contribution in [2.45, 2.75) is 97.5 Å². The lowest BCUT2D eigenvalue weighted by atomic mass is 9.44. The van der Waals surface area contributed by atoms with E-state index in [0.717, 1.165) is 37.0 Å².